The van der Waals surface area contributed by atoms with E-state index in [1.165, 1.54) is 12.8 Å². The Morgan fingerprint density at radius 1 is 1.45 bits per heavy atom. The third kappa shape index (κ3) is 3.65. The highest BCUT2D eigenvalue weighted by Gasteiger charge is 2.37. The second-order valence-electron chi connectivity index (χ2n) is 6.46. The first-order valence-corrected chi connectivity index (χ1v) is 7.76. The van der Waals surface area contributed by atoms with Gasteiger partial charge in [-0.25, -0.2) is 0 Å². The van der Waals surface area contributed by atoms with Gasteiger partial charge in [0.15, 0.2) is 0 Å². The molecule has 2 aliphatic rings. The van der Waals surface area contributed by atoms with Crippen LogP contribution >= 0.6 is 0 Å². The molecule has 2 fully saturated rings. The normalized spacial score (nSPS) is 24.1. The molecule has 1 heterocycles. The number of aromatic nitrogens is 2. The molecule has 0 saturated heterocycles. The lowest BCUT2D eigenvalue weighted by Gasteiger charge is -2.42. The Bertz CT molecular complexity index is 561. The minimum absolute atomic E-state index is 0.102. The van der Waals surface area contributed by atoms with Gasteiger partial charge >= 0.3 is 5.97 Å². The van der Waals surface area contributed by atoms with Crippen LogP contribution in [0.15, 0.2) is 12.4 Å². The number of amides is 1. The fourth-order valence-corrected chi connectivity index (χ4v) is 2.96. The summed E-state index contributed by atoms with van der Waals surface area (Å²) in [6.45, 7) is 0.977. The summed E-state index contributed by atoms with van der Waals surface area (Å²) in [5.74, 6) is -0.213. The first-order valence-electron chi connectivity index (χ1n) is 7.76. The molecule has 0 aromatic carbocycles. The van der Waals surface area contributed by atoms with Crippen LogP contribution in [-0.4, -0.2) is 56.8 Å². The molecule has 3 rings (SSSR count). The van der Waals surface area contributed by atoms with Crippen molar-refractivity contribution in [3.8, 4) is 0 Å². The fourth-order valence-electron chi connectivity index (χ4n) is 2.96. The number of carboxylic acids is 1. The molecule has 0 unspecified atom stereocenters. The molecule has 2 saturated carbocycles. The van der Waals surface area contributed by atoms with E-state index in [-0.39, 0.29) is 24.5 Å². The van der Waals surface area contributed by atoms with Gasteiger partial charge in [0.1, 0.15) is 0 Å². The van der Waals surface area contributed by atoms with Crippen LogP contribution in [0.5, 0.6) is 0 Å². The van der Waals surface area contributed by atoms with Gasteiger partial charge in [-0.1, -0.05) is 0 Å². The van der Waals surface area contributed by atoms with Crippen LogP contribution < -0.4 is 5.32 Å². The van der Waals surface area contributed by atoms with E-state index < -0.39 is 5.97 Å². The van der Waals surface area contributed by atoms with Crippen LogP contribution in [0, 0.1) is 5.92 Å². The number of carbonyl (C=O) groups excluding carboxylic acids is 1. The Labute approximate surface area is 129 Å². The third-order valence-electron chi connectivity index (χ3n) is 4.46. The number of aliphatic carboxylic acids is 1. The zero-order valence-corrected chi connectivity index (χ0v) is 12.7. The Balaban J connectivity index is 1.47. The van der Waals surface area contributed by atoms with Crippen molar-refractivity contribution in [3.63, 3.8) is 0 Å². The molecular weight excluding hydrogens is 284 g/mol. The lowest BCUT2D eigenvalue weighted by Crippen LogP contribution is -2.55. The summed E-state index contributed by atoms with van der Waals surface area (Å²) in [6.07, 6.45) is 7.32. The Hall–Kier alpha value is -1.89. The van der Waals surface area contributed by atoms with Crippen LogP contribution in [0.1, 0.15) is 36.0 Å². The first-order chi connectivity index (χ1) is 10.5. The average molecular weight is 306 g/mol. The van der Waals surface area contributed by atoms with Crippen molar-refractivity contribution in [2.24, 2.45) is 13.0 Å². The van der Waals surface area contributed by atoms with Crippen LogP contribution in [0.4, 0.5) is 0 Å². The van der Waals surface area contributed by atoms with Crippen molar-refractivity contribution in [1.29, 1.82) is 0 Å². The summed E-state index contributed by atoms with van der Waals surface area (Å²) in [7, 11) is 1.78. The molecule has 7 heteroatoms. The van der Waals surface area contributed by atoms with Gasteiger partial charge in [-0.2, -0.15) is 5.10 Å². The SMILES string of the molecule is Cn1cc(C(=O)NC2CC(N(CC(=O)O)CC3CC3)C2)cn1. The highest BCUT2D eigenvalue weighted by atomic mass is 16.4. The molecule has 120 valence electrons. The van der Waals surface area contributed by atoms with Gasteiger partial charge in [0.05, 0.1) is 18.3 Å². The number of hydrogen-bond donors (Lipinski definition) is 2. The molecule has 0 spiro atoms. The van der Waals surface area contributed by atoms with E-state index in [1.807, 2.05) is 0 Å². The Morgan fingerprint density at radius 3 is 2.73 bits per heavy atom. The number of hydrogen-bond acceptors (Lipinski definition) is 4. The first kappa shape index (κ1) is 15.0. The van der Waals surface area contributed by atoms with E-state index in [9.17, 15) is 9.59 Å². The van der Waals surface area contributed by atoms with Gasteiger partial charge in [0, 0.05) is 31.9 Å². The number of nitrogens with zero attached hydrogens (tertiary/aromatic N) is 3. The van der Waals surface area contributed by atoms with Gasteiger partial charge in [-0.3, -0.25) is 19.2 Å². The van der Waals surface area contributed by atoms with Crippen molar-refractivity contribution < 1.29 is 14.7 Å². The van der Waals surface area contributed by atoms with Crippen molar-refractivity contribution in [3.05, 3.63) is 18.0 Å². The maximum atomic E-state index is 12.0. The zero-order chi connectivity index (χ0) is 15.7. The molecule has 7 nitrogen and oxygen atoms in total. The van der Waals surface area contributed by atoms with Gasteiger partial charge in [-0.05, 0) is 31.6 Å². The molecule has 0 atom stereocenters. The number of rotatable bonds is 7. The largest absolute Gasteiger partial charge is 0.480 e. The Morgan fingerprint density at radius 2 is 2.18 bits per heavy atom. The second-order valence-corrected chi connectivity index (χ2v) is 6.46. The van der Waals surface area contributed by atoms with E-state index in [4.69, 9.17) is 5.11 Å². The van der Waals surface area contributed by atoms with Crippen LogP contribution in [-0.2, 0) is 11.8 Å². The molecule has 0 radical (unpaired) electrons. The summed E-state index contributed by atoms with van der Waals surface area (Å²) >= 11 is 0. The Kier molecular flexibility index (Phi) is 4.15. The molecule has 2 aliphatic carbocycles. The minimum Gasteiger partial charge on any atom is -0.480 e. The average Bonchev–Trinajstić information content (AvgIpc) is 3.10. The highest BCUT2D eigenvalue weighted by Crippen LogP contribution is 2.33. The van der Waals surface area contributed by atoms with E-state index in [0.29, 0.717) is 11.5 Å². The van der Waals surface area contributed by atoms with Gasteiger partial charge in [-0.15, -0.1) is 0 Å². The van der Waals surface area contributed by atoms with Crippen molar-refractivity contribution in [2.45, 2.75) is 37.8 Å². The van der Waals surface area contributed by atoms with E-state index in [0.717, 1.165) is 19.4 Å². The molecule has 1 aromatic rings. The monoisotopic (exact) mass is 306 g/mol. The quantitative estimate of drug-likeness (QED) is 0.765. The number of aryl methyl sites for hydroxylation is 1. The predicted octanol–water partition coefficient (Wildman–Crippen LogP) is 0.478. The van der Waals surface area contributed by atoms with Crippen molar-refractivity contribution in [2.75, 3.05) is 13.1 Å². The van der Waals surface area contributed by atoms with Gasteiger partial charge in [0.2, 0.25) is 0 Å². The topological polar surface area (TPSA) is 87.5 Å². The highest BCUT2D eigenvalue weighted by molar-refractivity contribution is 5.93. The maximum Gasteiger partial charge on any atom is 0.317 e. The molecule has 1 amide bonds. The summed E-state index contributed by atoms with van der Waals surface area (Å²) in [5, 5.41) is 16.0. The predicted molar refractivity (Wildman–Crippen MR) is 79.4 cm³/mol. The summed E-state index contributed by atoms with van der Waals surface area (Å²) in [4.78, 5) is 25.1. The fraction of sp³-hybridized carbons (Fsp3) is 0.667. The summed E-state index contributed by atoms with van der Waals surface area (Å²) < 4.78 is 1.60. The lowest BCUT2D eigenvalue weighted by atomic mass is 9.85. The molecule has 0 bridgehead atoms. The molecule has 2 N–H and O–H groups in total. The molecule has 1 aromatic heterocycles. The summed E-state index contributed by atoms with van der Waals surface area (Å²) in [6, 6.07) is 0.407. The number of nitrogens with one attached hydrogen (secondary N) is 1. The van der Waals surface area contributed by atoms with E-state index >= 15 is 0 Å². The van der Waals surface area contributed by atoms with E-state index in [2.05, 4.69) is 15.3 Å². The maximum absolute atomic E-state index is 12.0. The molecular formula is C15H22N4O3. The zero-order valence-electron chi connectivity index (χ0n) is 12.7. The van der Waals surface area contributed by atoms with Crippen molar-refractivity contribution >= 4 is 11.9 Å². The summed E-state index contributed by atoms with van der Waals surface area (Å²) in [5.41, 5.74) is 0.561. The minimum atomic E-state index is -0.775. The van der Waals surface area contributed by atoms with Crippen LogP contribution in [0.2, 0.25) is 0 Å². The molecule has 0 aliphatic heterocycles. The standard InChI is InChI=1S/C15H22N4O3/c1-18-8-11(6-16-18)15(22)17-12-4-13(5-12)19(9-14(20)21)7-10-2-3-10/h6,8,10,12-13H,2-5,7,9H2,1H3,(H,17,22)(H,20,21). The van der Waals surface area contributed by atoms with Crippen LogP contribution in [0.3, 0.4) is 0 Å². The second kappa shape index (κ2) is 6.08. The molecule has 22 heavy (non-hydrogen) atoms. The number of carboxylic acid groups (broad SMARTS) is 1. The van der Waals surface area contributed by atoms with Crippen molar-refractivity contribution in [1.82, 2.24) is 20.0 Å². The van der Waals surface area contributed by atoms with Crippen LogP contribution in [0.25, 0.3) is 0 Å². The lowest BCUT2D eigenvalue weighted by molar-refractivity contribution is -0.139. The third-order valence-corrected chi connectivity index (χ3v) is 4.46. The van der Waals surface area contributed by atoms with E-state index in [1.54, 1.807) is 24.1 Å². The smallest absolute Gasteiger partial charge is 0.317 e. The van der Waals surface area contributed by atoms with Gasteiger partial charge < -0.3 is 10.4 Å². The number of carbonyl (C=O) groups is 2. The van der Waals surface area contributed by atoms with Gasteiger partial charge in [0.25, 0.3) is 5.91 Å².